The Hall–Kier alpha value is -3.23. The Balaban J connectivity index is 1.29. The number of carbonyl (C=O) groups is 1. The third-order valence-corrected chi connectivity index (χ3v) is 7.80. The highest BCUT2D eigenvalue weighted by atomic mass is 35.5. The van der Waals surface area contributed by atoms with E-state index in [0.29, 0.717) is 29.5 Å². The van der Waals surface area contributed by atoms with E-state index in [2.05, 4.69) is 4.90 Å². The first kappa shape index (κ1) is 23.9. The highest BCUT2D eigenvalue weighted by Crippen LogP contribution is 2.25. The van der Waals surface area contributed by atoms with E-state index in [0.717, 1.165) is 18.8 Å². The summed E-state index contributed by atoms with van der Waals surface area (Å²) in [6.07, 6.45) is 0. The number of hydrogen-bond acceptors (Lipinski definition) is 5. The van der Waals surface area contributed by atoms with E-state index < -0.39 is 10.0 Å². The highest BCUT2D eigenvalue weighted by Gasteiger charge is 2.23. The SMILES string of the molecule is CN(c1ccc(OCC(=O)N2CCN(c3cccc(Cl)c3)CC2)cc1)S(=O)(=O)c1ccccc1. The number of rotatable bonds is 7. The average Bonchev–Trinajstić information content (AvgIpc) is 2.88. The first-order valence-electron chi connectivity index (χ1n) is 10.9. The smallest absolute Gasteiger partial charge is 0.264 e. The van der Waals surface area contributed by atoms with Gasteiger partial charge < -0.3 is 14.5 Å². The molecule has 7 nitrogen and oxygen atoms in total. The fourth-order valence-electron chi connectivity index (χ4n) is 3.76. The van der Waals surface area contributed by atoms with Gasteiger partial charge in [0, 0.05) is 43.9 Å². The molecule has 1 aliphatic rings. The molecule has 1 fully saturated rings. The van der Waals surface area contributed by atoms with E-state index >= 15 is 0 Å². The molecule has 34 heavy (non-hydrogen) atoms. The fourth-order valence-corrected chi connectivity index (χ4v) is 5.17. The van der Waals surface area contributed by atoms with Gasteiger partial charge in [0.15, 0.2) is 6.61 Å². The van der Waals surface area contributed by atoms with Gasteiger partial charge in [-0.2, -0.15) is 0 Å². The molecule has 1 amide bonds. The first-order chi connectivity index (χ1) is 16.3. The summed E-state index contributed by atoms with van der Waals surface area (Å²) >= 11 is 6.08. The molecule has 0 N–H and O–H groups in total. The summed E-state index contributed by atoms with van der Waals surface area (Å²) < 4.78 is 32.4. The molecule has 0 radical (unpaired) electrons. The maximum Gasteiger partial charge on any atom is 0.264 e. The maximum atomic E-state index is 12.8. The molecule has 0 aliphatic carbocycles. The average molecular weight is 500 g/mol. The van der Waals surface area contributed by atoms with Gasteiger partial charge >= 0.3 is 0 Å². The summed E-state index contributed by atoms with van der Waals surface area (Å²) in [5, 5.41) is 0.694. The van der Waals surface area contributed by atoms with Crippen LogP contribution in [0, 0.1) is 0 Å². The van der Waals surface area contributed by atoms with E-state index in [1.807, 2.05) is 24.3 Å². The Morgan fingerprint density at radius 1 is 0.941 bits per heavy atom. The summed E-state index contributed by atoms with van der Waals surface area (Å²) in [5.74, 6) is 0.416. The van der Waals surface area contributed by atoms with Crippen molar-refractivity contribution >= 4 is 38.9 Å². The Morgan fingerprint density at radius 2 is 1.62 bits per heavy atom. The van der Waals surface area contributed by atoms with Gasteiger partial charge in [-0.05, 0) is 54.6 Å². The molecule has 0 saturated carbocycles. The minimum absolute atomic E-state index is 0.0747. The van der Waals surface area contributed by atoms with E-state index in [-0.39, 0.29) is 17.4 Å². The summed E-state index contributed by atoms with van der Waals surface area (Å²) in [6, 6.07) is 22.6. The van der Waals surface area contributed by atoms with Crippen LogP contribution >= 0.6 is 11.6 Å². The molecule has 1 heterocycles. The minimum atomic E-state index is -3.65. The van der Waals surface area contributed by atoms with Crippen LogP contribution in [0.4, 0.5) is 11.4 Å². The van der Waals surface area contributed by atoms with E-state index in [1.165, 1.54) is 11.4 Å². The molecular weight excluding hydrogens is 474 g/mol. The van der Waals surface area contributed by atoms with Crippen LogP contribution in [-0.2, 0) is 14.8 Å². The fraction of sp³-hybridized carbons (Fsp3) is 0.240. The zero-order valence-electron chi connectivity index (χ0n) is 18.8. The lowest BCUT2D eigenvalue weighted by molar-refractivity contribution is -0.133. The number of piperazine rings is 1. The lowest BCUT2D eigenvalue weighted by atomic mass is 10.2. The third-order valence-electron chi connectivity index (χ3n) is 5.77. The summed E-state index contributed by atoms with van der Waals surface area (Å²) in [7, 11) is -2.15. The van der Waals surface area contributed by atoms with Crippen molar-refractivity contribution in [1.29, 1.82) is 0 Å². The Kier molecular flexibility index (Phi) is 7.29. The van der Waals surface area contributed by atoms with E-state index in [1.54, 1.807) is 59.5 Å². The van der Waals surface area contributed by atoms with Gasteiger partial charge in [0.2, 0.25) is 0 Å². The molecule has 9 heteroatoms. The van der Waals surface area contributed by atoms with Crippen molar-refractivity contribution in [3.63, 3.8) is 0 Å². The van der Waals surface area contributed by atoms with Gasteiger partial charge in [-0.25, -0.2) is 8.42 Å². The Labute approximate surface area is 205 Å². The Bertz CT molecular complexity index is 1230. The van der Waals surface area contributed by atoms with Crippen LogP contribution in [0.3, 0.4) is 0 Å². The highest BCUT2D eigenvalue weighted by molar-refractivity contribution is 7.92. The number of benzene rings is 3. The molecule has 0 atom stereocenters. The van der Waals surface area contributed by atoms with Crippen molar-refractivity contribution in [3.8, 4) is 5.75 Å². The molecule has 1 saturated heterocycles. The molecule has 0 unspecified atom stereocenters. The van der Waals surface area contributed by atoms with Crippen LogP contribution in [0.5, 0.6) is 5.75 Å². The normalized spacial score (nSPS) is 14.1. The van der Waals surface area contributed by atoms with Crippen LogP contribution < -0.4 is 13.9 Å². The van der Waals surface area contributed by atoms with Crippen LogP contribution in [0.2, 0.25) is 5.02 Å². The minimum Gasteiger partial charge on any atom is -0.484 e. The van der Waals surface area contributed by atoms with Crippen molar-refractivity contribution in [2.45, 2.75) is 4.90 Å². The molecular formula is C25H26ClN3O4S. The summed E-state index contributed by atoms with van der Waals surface area (Å²) in [6.45, 7) is 2.59. The van der Waals surface area contributed by atoms with E-state index in [4.69, 9.17) is 16.3 Å². The second kappa shape index (κ2) is 10.4. The van der Waals surface area contributed by atoms with Crippen LogP contribution in [0.25, 0.3) is 0 Å². The van der Waals surface area contributed by atoms with Gasteiger partial charge in [-0.15, -0.1) is 0 Å². The maximum absolute atomic E-state index is 12.8. The number of nitrogens with zero attached hydrogens (tertiary/aromatic N) is 3. The molecule has 0 bridgehead atoms. The molecule has 0 spiro atoms. The number of sulfonamides is 1. The predicted molar refractivity (Wildman–Crippen MR) is 134 cm³/mol. The largest absolute Gasteiger partial charge is 0.484 e. The standard InChI is InChI=1S/C25H26ClN3O4S/c1-27(34(31,32)24-8-3-2-4-9-24)21-10-12-23(13-11-21)33-19-25(30)29-16-14-28(15-17-29)22-7-5-6-20(26)18-22/h2-13,18H,14-17,19H2,1H3. The second-order valence-electron chi connectivity index (χ2n) is 7.92. The van der Waals surface area contributed by atoms with Gasteiger partial charge in [0.25, 0.3) is 15.9 Å². The molecule has 3 aromatic rings. The molecule has 3 aromatic carbocycles. The van der Waals surface area contributed by atoms with E-state index in [9.17, 15) is 13.2 Å². The molecule has 1 aliphatic heterocycles. The van der Waals surface area contributed by atoms with Crippen molar-refractivity contribution < 1.29 is 17.9 Å². The molecule has 4 rings (SSSR count). The van der Waals surface area contributed by atoms with Gasteiger partial charge in [0.1, 0.15) is 5.75 Å². The van der Waals surface area contributed by atoms with Gasteiger partial charge in [0.05, 0.1) is 10.6 Å². The zero-order chi connectivity index (χ0) is 24.1. The first-order valence-corrected chi connectivity index (χ1v) is 12.7. The van der Waals surface area contributed by atoms with Crippen molar-refractivity contribution in [3.05, 3.63) is 83.9 Å². The van der Waals surface area contributed by atoms with Crippen LogP contribution in [-0.4, -0.2) is 59.1 Å². The van der Waals surface area contributed by atoms with Crippen molar-refractivity contribution in [2.75, 3.05) is 49.0 Å². The number of ether oxygens (including phenoxy) is 1. The lowest BCUT2D eigenvalue weighted by Gasteiger charge is -2.36. The molecule has 178 valence electrons. The predicted octanol–water partition coefficient (Wildman–Crippen LogP) is 3.89. The monoisotopic (exact) mass is 499 g/mol. The van der Waals surface area contributed by atoms with Crippen LogP contribution in [0.1, 0.15) is 0 Å². The lowest BCUT2D eigenvalue weighted by Crippen LogP contribution is -2.50. The number of amides is 1. The number of carbonyl (C=O) groups excluding carboxylic acids is 1. The topological polar surface area (TPSA) is 70.2 Å². The second-order valence-corrected chi connectivity index (χ2v) is 10.3. The van der Waals surface area contributed by atoms with Crippen molar-refractivity contribution in [1.82, 2.24) is 4.90 Å². The van der Waals surface area contributed by atoms with Crippen LogP contribution in [0.15, 0.2) is 83.8 Å². The summed E-state index contributed by atoms with van der Waals surface area (Å²) in [4.78, 5) is 16.8. The quantitative estimate of drug-likeness (QED) is 0.493. The third kappa shape index (κ3) is 5.46. The number of anilines is 2. The summed E-state index contributed by atoms with van der Waals surface area (Å²) in [5.41, 5.74) is 1.55. The van der Waals surface area contributed by atoms with Gasteiger partial charge in [-0.3, -0.25) is 9.10 Å². The number of hydrogen-bond donors (Lipinski definition) is 0. The number of halogens is 1. The van der Waals surface area contributed by atoms with Gasteiger partial charge in [-0.1, -0.05) is 35.9 Å². The Morgan fingerprint density at radius 3 is 2.26 bits per heavy atom. The molecule has 0 aromatic heterocycles. The zero-order valence-corrected chi connectivity index (χ0v) is 20.4. The van der Waals surface area contributed by atoms with Crippen molar-refractivity contribution in [2.24, 2.45) is 0 Å².